The van der Waals surface area contributed by atoms with E-state index in [9.17, 15) is 14.7 Å². The Morgan fingerprint density at radius 2 is 2.24 bits per heavy atom. The summed E-state index contributed by atoms with van der Waals surface area (Å²) in [5.41, 5.74) is -1.77. The van der Waals surface area contributed by atoms with Gasteiger partial charge >= 0.3 is 5.97 Å². The highest BCUT2D eigenvalue weighted by atomic mass is 79.9. The lowest BCUT2D eigenvalue weighted by atomic mass is 9.54. The van der Waals surface area contributed by atoms with Crippen molar-refractivity contribution < 1.29 is 23.8 Å². The van der Waals surface area contributed by atoms with Crippen molar-refractivity contribution in [3.63, 3.8) is 0 Å². The molecule has 0 saturated heterocycles. The zero-order valence-corrected chi connectivity index (χ0v) is 13.7. The van der Waals surface area contributed by atoms with E-state index in [4.69, 9.17) is 9.15 Å². The molecule has 1 saturated carbocycles. The lowest BCUT2D eigenvalue weighted by Gasteiger charge is -2.58. The number of amides is 1. The summed E-state index contributed by atoms with van der Waals surface area (Å²) in [5.74, 6) is -1.53. The van der Waals surface area contributed by atoms with Crippen molar-refractivity contribution in [2.45, 2.75) is 38.8 Å². The minimum atomic E-state index is -1.34. The van der Waals surface area contributed by atoms with Gasteiger partial charge in [-0.1, -0.05) is 13.8 Å². The fraction of sp³-hybridized carbons (Fsp3) is 0.571. The van der Waals surface area contributed by atoms with Crippen molar-refractivity contribution in [2.24, 2.45) is 5.41 Å². The number of carbonyl (C=O) groups is 2. The summed E-state index contributed by atoms with van der Waals surface area (Å²) in [5, 5.41) is 12.2. The Morgan fingerprint density at radius 3 is 2.67 bits per heavy atom. The van der Waals surface area contributed by atoms with Gasteiger partial charge in [-0.15, -0.1) is 0 Å². The predicted octanol–water partition coefficient (Wildman–Crippen LogP) is 2.43. The van der Waals surface area contributed by atoms with Crippen LogP contribution in [0.15, 0.2) is 21.4 Å². The highest BCUT2D eigenvalue weighted by Gasteiger charge is 2.66. The summed E-state index contributed by atoms with van der Waals surface area (Å²) in [7, 11) is 0. The van der Waals surface area contributed by atoms with Crippen molar-refractivity contribution in [2.75, 3.05) is 6.61 Å². The third-order valence-electron chi connectivity index (χ3n) is 4.29. The van der Waals surface area contributed by atoms with Gasteiger partial charge in [-0.3, -0.25) is 4.79 Å². The molecule has 1 aromatic heterocycles. The first-order valence-corrected chi connectivity index (χ1v) is 7.45. The summed E-state index contributed by atoms with van der Waals surface area (Å²) >= 11 is 3.11. The van der Waals surface area contributed by atoms with Crippen LogP contribution < -0.4 is 5.32 Å². The van der Waals surface area contributed by atoms with Gasteiger partial charge in [0.15, 0.2) is 4.67 Å². The normalized spacial score (nSPS) is 27.0. The van der Waals surface area contributed by atoms with Crippen molar-refractivity contribution in [3.8, 4) is 0 Å². The molecule has 1 aliphatic carbocycles. The van der Waals surface area contributed by atoms with E-state index >= 15 is 0 Å². The number of nitrogens with one attached hydrogen (secondary N) is 1. The van der Waals surface area contributed by atoms with Crippen LogP contribution in [0, 0.1) is 5.41 Å². The summed E-state index contributed by atoms with van der Waals surface area (Å²) in [6.07, 6.45) is 1.32. The van der Waals surface area contributed by atoms with Gasteiger partial charge in [0.25, 0.3) is 5.91 Å². The third-order valence-corrected chi connectivity index (χ3v) is 4.70. The van der Waals surface area contributed by atoms with E-state index in [2.05, 4.69) is 21.2 Å². The van der Waals surface area contributed by atoms with Crippen LogP contribution in [-0.2, 0) is 9.53 Å². The monoisotopic (exact) mass is 359 g/mol. The Bertz CT molecular complexity index is 567. The maximum Gasteiger partial charge on any atom is 0.330 e. The minimum absolute atomic E-state index is 0.199. The van der Waals surface area contributed by atoms with E-state index in [1.54, 1.807) is 13.8 Å². The maximum atomic E-state index is 12.2. The molecule has 0 radical (unpaired) electrons. The zero-order valence-electron chi connectivity index (χ0n) is 12.1. The van der Waals surface area contributed by atoms with Gasteiger partial charge in [0.05, 0.1) is 11.7 Å². The van der Waals surface area contributed by atoms with Crippen LogP contribution >= 0.6 is 15.9 Å². The highest BCUT2D eigenvalue weighted by Crippen LogP contribution is 2.51. The number of aliphatic carboxylic acids is 1. The lowest BCUT2D eigenvalue weighted by Crippen LogP contribution is -2.76. The molecular weight excluding hydrogens is 342 g/mol. The molecule has 1 aromatic rings. The number of furan rings is 1. The molecule has 1 heterocycles. The van der Waals surface area contributed by atoms with Crippen LogP contribution in [0.2, 0.25) is 0 Å². The Balaban J connectivity index is 2.22. The van der Waals surface area contributed by atoms with E-state index in [1.165, 1.54) is 12.3 Å². The van der Waals surface area contributed by atoms with Gasteiger partial charge in [-0.2, -0.15) is 0 Å². The van der Waals surface area contributed by atoms with Crippen LogP contribution in [0.4, 0.5) is 0 Å². The molecule has 1 amide bonds. The quantitative estimate of drug-likeness (QED) is 0.842. The molecule has 0 bridgehead atoms. The number of hydrogen-bond donors (Lipinski definition) is 2. The molecule has 2 unspecified atom stereocenters. The molecule has 21 heavy (non-hydrogen) atoms. The number of halogens is 1. The molecule has 0 spiro atoms. The standard InChI is InChI=1S/C14H18BrNO5/c1-4-20-9-6-14(12(18)19,13(9,2)3)16-11(17)8-5-10(15)21-7-8/h5,7,9H,4,6H2,1-3H3,(H,16,17)(H,18,19). The third kappa shape index (κ3) is 2.48. The molecule has 0 aromatic carbocycles. The van der Waals surface area contributed by atoms with Gasteiger partial charge in [0, 0.05) is 24.5 Å². The van der Waals surface area contributed by atoms with Gasteiger partial charge < -0.3 is 19.6 Å². The maximum absolute atomic E-state index is 12.2. The second kappa shape index (κ2) is 5.46. The number of carbonyl (C=O) groups excluding carboxylic acids is 1. The van der Waals surface area contributed by atoms with Gasteiger partial charge in [0.1, 0.15) is 11.8 Å². The molecule has 1 fully saturated rings. The van der Waals surface area contributed by atoms with Crippen molar-refractivity contribution in [1.82, 2.24) is 5.32 Å². The Morgan fingerprint density at radius 1 is 1.57 bits per heavy atom. The minimum Gasteiger partial charge on any atom is -0.479 e. The topological polar surface area (TPSA) is 88.8 Å². The van der Waals surface area contributed by atoms with E-state index in [-0.39, 0.29) is 18.1 Å². The van der Waals surface area contributed by atoms with Crippen molar-refractivity contribution in [3.05, 3.63) is 22.6 Å². The molecule has 1 aliphatic rings. The Hall–Kier alpha value is -1.34. The fourth-order valence-electron chi connectivity index (χ4n) is 2.73. The summed E-state index contributed by atoms with van der Waals surface area (Å²) in [6, 6.07) is 1.50. The van der Waals surface area contributed by atoms with E-state index in [0.29, 0.717) is 11.3 Å². The van der Waals surface area contributed by atoms with Gasteiger partial charge in [0.2, 0.25) is 0 Å². The Kier molecular flexibility index (Phi) is 4.17. The number of carboxylic acids is 1. The smallest absolute Gasteiger partial charge is 0.330 e. The zero-order chi connectivity index (χ0) is 15.8. The first-order chi connectivity index (χ1) is 9.74. The van der Waals surface area contributed by atoms with E-state index < -0.39 is 22.8 Å². The summed E-state index contributed by atoms with van der Waals surface area (Å²) in [4.78, 5) is 24.0. The number of carboxylic acid groups (broad SMARTS) is 1. The number of rotatable bonds is 5. The van der Waals surface area contributed by atoms with E-state index in [1.807, 2.05) is 6.92 Å². The van der Waals surface area contributed by atoms with E-state index in [0.717, 1.165) is 0 Å². The average Bonchev–Trinajstić information content (AvgIpc) is 2.83. The average molecular weight is 360 g/mol. The van der Waals surface area contributed by atoms with Crippen molar-refractivity contribution in [1.29, 1.82) is 0 Å². The second-order valence-corrected chi connectivity index (χ2v) is 6.46. The number of ether oxygens (including phenoxy) is 1. The van der Waals surface area contributed by atoms with Crippen LogP contribution in [0.25, 0.3) is 0 Å². The molecule has 2 atom stereocenters. The van der Waals surface area contributed by atoms with Crippen LogP contribution in [0.1, 0.15) is 37.6 Å². The van der Waals surface area contributed by atoms with Crippen LogP contribution in [0.3, 0.4) is 0 Å². The first kappa shape index (κ1) is 16.0. The van der Waals surface area contributed by atoms with Crippen molar-refractivity contribution >= 4 is 27.8 Å². The largest absolute Gasteiger partial charge is 0.479 e. The van der Waals surface area contributed by atoms with Crippen LogP contribution in [-0.4, -0.2) is 35.2 Å². The Labute approximate surface area is 131 Å². The van der Waals surface area contributed by atoms with Gasteiger partial charge in [-0.25, -0.2) is 4.79 Å². The summed E-state index contributed by atoms with van der Waals surface area (Å²) in [6.45, 7) is 5.94. The molecular formula is C14H18BrNO5. The van der Waals surface area contributed by atoms with Crippen LogP contribution in [0.5, 0.6) is 0 Å². The molecule has 7 heteroatoms. The molecule has 0 aliphatic heterocycles. The molecule has 2 N–H and O–H groups in total. The van der Waals surface area contributed by atoms with Gasteiger partial charge in [-0.05, 0) is 22.9 Å². The predicted molar refractivity (Wildman–Crippen MR) is 78.1 cm³/mol. The highest BCUT2D eigenvalue weighted by molar-refractivity contribution is 9.10. The molecule has 116 valence electrons. The molecule has 2 rings (SSSR count). The second-order valence-electron chi connectivity index (χ2n) is 5.67. The molecule has 6 nitrogen and oxygen atoms in total. The summed E-state index contributed by atoms with van der Waals surface area (Å²) < 4.78 is 11.0. The number of hydrogen-bond acceptors (Lipinski definition) is 4. The lowest BCUT2D eigenvalue weighted by molar-refractivity contribution is -0.190. The fourth-order valence-corrected chi connectivity index (χ4v) is 3.07. The SMILES string of the molecule is CCOC1CC(NC(=O)c2coc(Br)c2)(C(=O)O)C1(C)C. The first-order valence-electron chi connectivity index (χ1n) is 6.66.